The fraction of sp³-hybridized carbons (Fsp3) is 0.333. The van der Waals surface area contributed by atoms with E-state index in [0.717, 1.165) is 19.3 Å². The number of carbonyl (C=O) groups is 4. The molecule has 2 aromatic rings. The Labute approximate surface area is 190 Å². The van der Waals surface area contributed by atoms with Gasteiger partial charge in [0, 0.05) is 0 Å². The van der Waals surface area contributed by atoms with E-state index in [4.69, 9.17) is 16.3 Å². The maximum Gasteiger partial charge on any atom is 0.338 e. The van der Waals surface area contributed by atoms with E-state index in [1.807, 2.05) is 0 Å². The average molecular weight is 455 g/mol. The molecule has 2 aromatic carbocycles. The molecule has 166 valence electrons. The monoisotopic (exact) mass is 454 g/mol. The molecule has 3 amide bonds. The number of hydrogen-bond acceptors (Lipinski definition) is 5. The van der Waals surface area contributed by atoms with Crippen molar-refractivity contribution in [2.45, 2.75) is 26.2 Å². The van der Waals surface area contributed by atoms with Crippen molar-refractivity contribution in [1.82, 2.24) is 0 Å². The molecule has 0 spiro atoms. The molecule has 2 aliphatic rings. The lowest BCUT2D eigenvalue weighted by Crippen LogP contribution is -2.30. The highest BCUT2D eigenvalue weighted by molar-refractivity contribution is 6.33. The summed E-state index contributed by atoms with van der Waals surface area (Å²) in [6.07, 6.45) is 2.41. The van der Waals surface area contributed by atoms with Crippen molar-refractivity contribution in [3.63, 3.8) is 0 Å². The molecule has 0 radical (unpaired) electrons. The zero-order valence-corrected chi connectivity index (χ0v) is 18.3. The molecule has 4 rings (SSSR count). The second-order valence-electron chi connectivity index (χ2n) is 8.29. The third-order valence-electron chi connectivity index (χ3n) is 6.03. The van der Waals surface area contributed by atoms with Gasteiger partial charge in [-0.1, -0.05) is 30.7 Å². The van der Waals surface area contributed by atoms with Crippen molar-refractivity contribution in [3.8, 4) is 0 Å². The largest absolute Gasteiger partial charge is 0.452 e. The molecule has 1 aliphatic heterocycles. The Bertz CT molecular complexity index is 1070. The highest BCUT2D eigenvalue weighted by atomic mass is 35.5. The number of nitrogens with zero attached hydrogens (tertiary/aromatic N) is 1. The lowest BCUT2D eigenvalue weighted by molar-refractivity contribution is -0.122. The van der Waals surface area contributed by atoms with Crippen molar-refractivity contribution in [2.75, 3.05) is 16.8 Å². The summed E-state index contributed by atoms with van der Waals surface area (Å²) in [5.74, 6) is -1.62. The Hall–Kier alpha value is -3.19. The number of esters is 1. The molecular weight excluding hydrogens is 432 g/mol. The number of nitrogens with one attached hydrogen (secondary N) is 1. The fourth-order valence-corrected chi connectivity index (χ4v) is 4.54. The van der Waals surface area contributed by atoms with Crippen LogP contribution >= 0.6 is 11.6 Å². The van der Waals surface area contributed by atoms with Crippen LogP contribution in [0.3, 0.4) is 0 Å². The van der Waals surface area contributed by atoms with Crippen LogP contribution in [0.15, 0.2) is 48.5 Å². The van der Waals surface area contributed by atoms with Gasteiger partial charge < -0.3 is 10.1 Å². The maximum atomic E-state index is 12.8. The van der Waals surface area contributed by atoms with Crippen LogP contribution < -0.4 is 10.2 Å². The zero-order chi connectivity index (χ0) is 22.8. The zero-order valence-electron chi connectivity index (χ0n) is 17.5. The van der Waals surface area contributed by atoms with E-state index in [1.54, 1.807) is 36.4 Å². The summed E-state index contributed by atoms with van der Waals surface area (Å²) >= 11 is 5.99. The SMILES string of the molecule is C[C@@H]1CC[C@@H]2C(=O)N(c3ccc(C(=O)OCC(=O)Nc4ccccc4Cl)cc3)C(=O)[C@@H]2C1. The molecule has 2 fully saturated rings. The van der Waals surface area contributed by atoms with Gasteiger partial charge in [0.05, 0.1) is 33.8 Å². The molecule has 0 bridgehead atoms. The molecule has 3 atom stereocenters. The first-order valence-electron chi connectivity index (χ1n) is 10.5. The molecule has 1 aliphatic carbocycles. The number of halogens is 1. The van der Waals surface area contributed by atoms with Crippen LogP contribution in [0.2, 0.25) is 5.02 Å². The van der Waals surface area contributed by atoms with E-state index in [0.29, 0.717) is 22.3 Å². The normalized spacial score (nSPS) is 22.4. The van der Waals surface area contributed by atoms with E-state index in [9.17, 15) is 19.2 Å². The van der Waals surface area contributed by atoms with Gasteiger partial charge in [0.2, 0.25) is 11.8 Å². The van der Waals surface area contributed by atoms with Gasteiger partial charge in [-0.25, -0.2) is 4.79 Å². The van der Waals surface area contributed by atoms with E-state index in [1.165, 1.54) is 17.0 Å². The first-order chi connectivity index (χ1) is 15.3. The standard InChI is InChI=1S/C24H23ClN2O5/c1-14-6-11-17-18(12-14)23(30)27(22(17)29)16-9-7-15(8-10-16)24(31)32-13-21(28)26-20-5-3-2-4-19(20)25/h2-5,7-10,14,17-18H,6,11-13H2,1H3,(H,26,28)/t14-,17+,18-/m1/s1. The second kappa shape index (κ2) is 9.12. The summed E-state index contributed by atoms with van der Waals surface area (Å²) in [5.41, 5.74) is 1.08. The number of anilines is 2. The van der Waals surface area contributed by atoms with E-state index < -0.39 is 18.5 Å². The molecular formula is C24H23ClN2O5. The molecule has 8 heteroatoms. The van der Waals surface area contributed by atoms with E-state index in [-0.39, 0.29) is 29.2 Å². The van der Waals surface area contributed by atoms with Crippen LogP contribution in [0, 0.1) is 17.8 Å². The van der Waals surface area contributed by atoms with Gasteiger partial charge in [-0.2, -0.15) is 0 Å². The second-order valence-corrected chi connectivity index (χ2v) is 8.70. The predicted octanol–water partition coefficient (Wildman–Crippen LogP) is 4.06. The highest BCUT2D eigenvalue weighted by Gasteiger charge is 2.49. The van der Waals surface area contributed by atoms with Crippen LogP contribution in [0.1, 0.15) is 36.5 Å². The van der Waals surface area contributed by atoms with Crippen molar-refractivity contribution in [2.24, 2.45) is 17.8 Å². The van der Waals surface area contributed by atoms with Gasteiger partial charge >= 0.3 is 5.97 Å². The number of imide groups is 1. The van der Waals surface area contributed by atoms with Crippen molar-refractivity contribution >= 4 is 46.7 Å². The molecule has 1 saturated carbocycles. The van der Waals surface area contributed by atoms with Crippen LogP contribution in [-0.2, 0) is 19.1 Å². The highest BCUT2D eigenvalue weighted by Crippen LogP contribution is 2.42. The van der Waals surface area contributed by atoms with Crippen LogP contribution in [-0.4, -0.2) is 30.3 Å². The first kappa shape index (κ1) is 22.0. The minimum absolute atomic E-state index is 0.168. The number of rotatable bonds is 5. The summed E-state index contributed by atoms with van der Waals surface area (Å²) in [6.45, 7) is 1.63. The minimum atomic E-state index is -0.688. The van der Waals surface area contributed by atoms with Crippen molar-refractivity contribution in [3.05, 3.63) is 59.1 Å². The van der Waals surface area contributed by atoms with Crippen LogP contribution in [0.25, 0.3) is 0 Å². The summed E-state index contributed by atoms with van der Waals surface area (Å²) in [5, 5.41) is 2.95. The molecule has 1 N–H and O–H groups in total. The molecule has 1 saturated heterocycles. The number of benzene rings is 2. The molecule has 1 heterocycles. The maximum absolute atomic E-state index is 12.8. The van der Waals surface area contributed by atoms with Gasteiger partial charge in [0.15, 0.2) is 6.61 Å². The van der Waals surface area contributed by atoms with Crippen molar-refractivity contribution < 1.29 is 23.9 Å². The number of carbonyl (C=O) groups excluding carboxylic acids is 4. The minimum Gasteiger partial charge on any atom is -0.452 e. The van der Waals surface area contributed by atoms with Gasteiger partial charge in [-0.3, -0.25) is 19.3 Å². The van der Waals surface area contributed by atoms with Gasteiger partial charge in [-0.15, -0.1) is 0 Å². The third kappa shape index (κ3) is 4.39. The fourth-order valence-electron chi connectivity index (χ4n) is 4.35. The Morgan fingerprint density at radius 1 is 1.03 bits per heavy atom. The summed E-state index contributed by atoms with van der Waals surface area (Å²) in [4.78, 5) is 51.2. The number of ether oxygens (including phenoxy) is 1. The topological polar surface area (TPSA) is 92.8 Å². The molecule has 0 unspecified atom stereocenters. The number of amides is 3. The van der Waals surface area contributed by atoms with Crippen LogP contribution in [0.5, 0.6) is 0 Å². The van der Waals surface area contributed by atoms with Gasteiger partial charge in [0.1, 0.15) is 0 Å². The third-order valence-corrected chi connectivity index (χ3v) is 6.36. The number of para-hydroxylation sites is 1. The molecule has 7 nitrogen and oxygen atoms in total. The quantitative estimate of drug-likeness (QED) is 0.543. The molecule has 32 heavy (non-hydrogen) atoms. The number of fused-ring (bicyclic) bond motifs is 1. The number of hydrogen-bond donors (Lipinski definition) is 1. The summed E-state index contributed by atoms with van der Waals surface area (Å²) in [7, 11) is 0. The lowest BCUT2D eigenvalue weighted by Gasteiger charge is -2.25. The lowest BCUT2D eigenvalue weighted by atomic mass is 9.76. The Morgan fingerprint density at radius 3 is 2.44 bits per heavy atom. The Morgan fingerprint density at radius 2 is 1.72 bits per heavy atom. The molecule has 0 aromatic heterocycles. The van der Waals surface area contributed by atoms with Gasteiger partial charge in [0.25, 0.3) is 5.91 Å². The first-order valence-corrected chi connectivity index (χ1v) is 10.9. The van der Waals surface area contributed by atoms with Crippen LogP contribution in [0.4, 0.5) is 11.4 Å². The summed E-state index contributed by atoms with van der Waals surface area (Å²) < 4.78 is 5.06. The average Bonchev–Trinajstić information content (AvgIpc) is 3.03. The summed E-state index contributed by atoms with van der Waals surface area (Å²) in [6, 6.07) is 12.8. The van der Waals surface area contributed by atoms with Crippen molar-refractivity contribution in [1.29, 1.82) is 0 Å². The van der Waals surface area contributed by atoms with Gasteiger partial charge in [-0.05, 0) is 61.6 Å². The van der Waals surface area contributed by atoms with E-state index >= 15 is 0 Å². The smallest absolute Gasteiger partial charge is 0.338 e. The Balaban J connectivity index is 1.37. The Kier molecular flexibility index (Phi) is 6.28. The van der Waals surface area contributed by atoms with E-state index in [2.05, 4.69) is 12.2 Å². The predicted molar refractivity (Wildman–Crippen MR) is 119 cm³/mol.